The van der Waals surface area contributed by atoms with E-state index in [9.17, 15) is 9.00 Å². The molecule has 9 nitrogen and oxygen atoms in total. The van der Waals surface area contributed by atoms with Gasteiger partial charge in [-0.25, -0.2) is 9.78 Å². The second-order valence-corrected chi connectivity index (χ2v) is 9.20. The Bertz CT molecular complexity index is 1350. The number of aromatic amines is 1. The number of imidazole rings is 1. The van der Waals surface area contributed by atoms with Crippen LogP contribution >= 0.6 is 0 Å². The molecule has 1 N–H and O–H groups in total. The Morgan fingerprint density at radius 2 is 1.78 bits per heavy atom. The van der Waals surface area contributed by atoms with Crippen molar-refractivity contribution in [1.82, 2.24) is 15.0 Å². The molecule has 0 aliphatic heterocycles. The van der Waals surface area contributed by atoms with Gasteiger partial charge in [0.1, 0.15) is 5.75 Å². The number of para-hydroxylation sites is 2. The van der Waals surface area contributed by atoms with Crippen LogP contribution in [0.2, 0.25) is 0 Å². The number of hydrogen-bond acceptors (Lipinski definition) is 8. The van der Waals surface area contributed by atoms with Crippen molar-refractivity contribution < 1.29 is 28.0 Å². The fraction of sp³-hybridized carbons (Fsp3) is 0.269. The van der Waals surface area contributed by atoms with Crippen molar-refractivity contribution in [2.45, 2.75) is 24.3 Å². The Hall–Kier alpha value is -3.92. The summed E-state index contributed by atoms with van der Waals surface area (Å²) in [5.74, 6) is 1.45. The average molecular weight is 510 g/mol. The first-order chi connectivity index (χ1) is 17.5. The molecule has 0 aliphatic rings. The van der Waals surface area contributed by atoms with Crippen molar-refractivity contribution in [2.75, 3.05) is 27.4 Å². The van der Waals surface area contributed by atoms with Crippen LogP contribution in [0.4, 0.5) is 0 Å². The van der Waals surface area contributed by atoms with Gasteiger partial charge in [0.25, 0.3) is 0 Å². The first kappa shape index (κ1) is 25.2. The molecule has 0 aliphatic carbocycles. The van der Waals surface area contributed by atoms with Crippen molar-refractivity contribution in [1.29, 1.82) is 0 Å². The molecule has 10 heteroatoms. The van der Waals surface area contributed by atoms with E-state index in [1.165, 1.54) is 14.2 Å². The molecule has 2 heterocycles. The average Bonchev–Trinajstić information content (AvgIpc) is 3.34. The summed E-state index contributed by atoms with van der Waals surface area (Å²) in [6.45, 7) is 2.71. The lowest BCUT2D eigenvalue weighted by molar-refractivity contribution is 0.0600. The lowest BCUT2D eigenvalue weighted by Gasteiger charge is -2.13. The van der Waals surface area contributed by atoms with E-state index in [1.54, 1.807) is 30.5 Å². The predicted molar refractivity (Wildman–Crippen MR) is 135 cm³/mol. The summed E-state index contributed by atoms with van der Waals surface area (Å²) in [6, 6.07) is 14.2. The SMILES string of the molecule is COC(=O)c1ccc(OCCCOc2ccnc(CS(=O)c3nc4ccccc4[nH]3)c2C)c(OC)c1. The van der Waals surface area contributed by atoms with Gasteiger partial charge in [-0.1, -0.05) is 12.1 Å². The Kier molecular flexibility index (Phi) is 8.17. The van der Waals surface area contributed by atoms with Crippen LogP contribution in [0.25, 0.3) is 11.0 Å². The van der Waals surface area contributed by atoms with Crippen LogP contribution in [-0.4, -0.2) is 52.6 Å². The number of hydrogen-bond donors (Lipinski definition) is 1. The van der Waals surface area contributed by atoms with Gasteiger partial charge in [-0.15, -0.1) is 0 Å². The minimum atomic E-state index is -1.37. The molecule has 0 radical (unpaired) electrons. The highest BCUT2D eigenvalue weighted by atomic mass is 32.2. The second kappa shape index (κ2) is 11.7. The molecule has 0 saturated heterocycles. The summed E-state index contributed by atoms with van der Waals surface area (Å²) in [5, 5.41) is 0.427. The zero-order valence-electron chi connectivity index (χ0n) is 20.3. The third kappa shape index (κ3) is 5.83. The Labute approximate surface area is 211 Å². The van der Waals surface area contributed by atoms with Crippen molar-refractivity contribution in [3.63, 3.8) is 0 Å². The lowest BCUT2D eigenvalue weighted by Crippen LogP contribution is -2.08. The molecular formula is C26H27N3O6S. The van der Waals surface area contributed by atoms with Gasteiger partial charge in [0, 0.05) is 18.2 Å². The minimum Gasteiger partial charge on any atom is -0.493 e. The van der Waals surface area contributed by atoms with Crippen LogP contribution in [0.3, 0.4) is 0 Å². The Morgan fingerprint density at radius 3 is 2.53 bits per heavy atom. The topological polar surface area (TPSA) is 113 Å². The van der Waals surface area contributed by atoms with Crippen molar-refractivity contribution in [3.05, 3.63) is 71.5 Å². The van der Waals surface area contributed by atoms with Crippen molar-refractivity contribution in [3.8, 4) is 17.2 Å². The Balaban J connectivity index is 1.31. The quantitative estimate of drug-likeness (QED) is 0.236. The van der Waals surface area contributed by atoms with Gasteiger partial charge in [0.05, 0.1) is 66.3 Å². The minimum absolute atomic E-state index is 0.229. The summed E-state index contributed by atoms with van der Waals surface area (Å²) < 4.78 is 34.7. The van der Waals surface area contributed by atoms with Crippen molar-refractivity contribution >= 4 is 27.8 Å². The zero-order valence-corrected chi connectivity index (χ0v) is 21.1. The predicted octanol–water partition coefficient (Wildman–Crippen LogP) is 4.22. The number of rotatable bonds is 11. The number of carbonyl (C=O) groups excluding carboxylic acids is 1. The number of H-pyrrole nitrogens is 1. The number of nitrogens with one attached hydrogen (secondary N) is 1. The van der Waals surface area contributed by atoms with Gasteiger partial charge in [-0.2, -0.15) is 0 Å². The van der Waals surface area contributed by atoms with Gasteiger partial charge in [0.15, 0.2) is 16.7 Å². The maximum absolute atomic E-state index is 12.9. The van der Waals surface area contributed by atoms with Gasteiger partial charge >= 0.3 is 5.97 Å². The Morgan fingerprint density at radius 1 is 1.00 bits per heavy atom. The number of esters is 1. The van der Waals surface area contributed by atoms with E-state index in [2.05, 4.69) is 15.0 Å². The first-order valence-corrected chi connectivity index (χ1v) is 12.6. The maximum atomic E-state index is 12.9. The van der Waals surface area contributed by atoms with E-state index in [1.807, 2.05) is 31.2 Å². The van der Waals surface area contributed by atoms with Crippen LogP contribution < -0.4 is 14.2 Å². The van der Waals surface area contributed by atoms with E-state index < -0.39 is 16.8 Å². The molecular weight excluding hydrogens is 482 g/mol. The van der Waals surface area contributed by atoms with Crippen molar-refractivity contribution in [2.24, 2.45) is 0 Å². The molecule has 0 fully saturated rings. The van der Waals surface area contributed by atoms with E-state index in [-0.39, 0.29) is 5.75 Å². The number of carbonyl (C=O) groups is 1. The van der Waals surface area contributed by atoms with Crippen LogP contribution in [-0.2, 0) is 21.3 Å². The number of pyridine rings is 1. The van der Waals surface area contributed by atoms with Crippen LogP contribution in [0.5, 0.6) is 17.2 Å². The molecule has 1 atom stereocenters. The number of fused-ring (bicyclic) bond motifs is 1. The van der Waals surface area contributed by atoms with E-state index in [0.717, 1.165) is 16.6 Å². The highest BCUT2D eigenvalue weighted by Gasteiger charge is 2.15. The number of aromatic nitrogens is 3. The second-order valence-electron chi connectivity index (χ2n) is 7.84. The molecule has 2 aromatic carbocycles. The molecule has 4 rings (SSSR count). The van der Waals surface area contributed by atoms with E-state index >= 15 is 0 Å². The fourth-order valence-corrected chi connectivity index (χ4v) is 4.65. The standard InChI is InChI=1S/C26H27N3O6S/c1-17-21(16-36(31)26-28-19-7-4-5-8-20(19)29-26)27-12-11-22(17)34-13-6-14-35-23-10-9-18(25(30)33-3)15-24(23)32-2/h4-5,7-12,15H,6,13-14,16H2,1-3H3,(H,28,29). The van der Waals surface area contributed by atoms with Crippen LogP contribution in [0.15, 0.2) is 59.9 Å². The number of ether oxygens (including phenoxy) is 4. The third-order valence-electron chi connectivity index (χ3n) is 5.50. The molecule has 1 unspecified atom stereocenters. The molecule has 0 amide bonds. The summed E-state index contributed by atoms with van der Waals surface area (Å²) in [7, 11) is 1.47. The first-order valence-electron chi connectivity index (χ1n) is 11.3. The summed E-state index contributed by atoms with van der Waals surface area (Å²) in [5.41, 5.74) is 3.54. The molecule has 188 valence electrons. The molecule has 36 heavy (non-hydrogen) atoms. The van der Waals surface area contributed by atoms with Gasteiger partial charge in [-0.3, -0.25) is 9.19 Å². The normalized spacial score (nSPS) is 11.8. The summed E-state index contributed by atoms with van der Waals surface area (Å²) >= 11 is 0. The molecule has 0 spiro atoms. The molecule has 4 aromatic rings. The van der Waals surface area contributed by atoms with Gasteiger partial charge < -0.3 is 23.9 Å². The van der Waals surface area contributed by atoms with Crippen LogP contribution in [0, 0.1) is 6.92 Å². The molecule has 2 aromatic heterocycles. The van der Waals surface area contributed by atoms with E-state index in [0.29, 0.717) is 53.3 Å². The maximum Gasteiger partial charge on any atom is 0.337 e. The third-order valence-corrected chi connectivity index (χ3v) is 6.66. The summed E-state index contributed by atoms with van der Waals surface area (Å²) in [6.07, 6.45) is 2.27. The molecule has 0 bridgehead atoms. The number of benzene rings is 2. The molecule has 0 saturated carbocycles. The lowest BCUT2D eigenvalue weighted by atomic mass is 10.2. The largest absolute Gasteiger partial charge is 0.493 e. The fourth-order valence-electron chi connectivity index (χ4n) is 3.55. The van der Waals surface area contributed by atoms with Crippen LogP contribution in [0.1, 0.15) is 28.0 Å². The zero-order chi connectivity index (χ0) is 25.5. The highest BCUT2D eigenvalue weighted by molar-refractivity contribution is 7.84. The number of nitrogens with zero attached hydrogens (tertiary/aromatic N) is 2. The van der Waals surface area contributed by atoms with Gasteiger partial charge in [-0.05, 0) is 43.3 Å². The number of methoxy groups -OCH3 is 2. The van der Waals surface area contributed by atoms with Gasteiger partial charge in [0.2, 0.25) is 0 Å². The monoisotopic (exact) mass is 509 g/mol. The van der Waals surface area contributed by atoms with E-state index in [4.69, 9.17) is 18.9 Å². The smallest absolute Gasteiger partial charge is 0.337 e. The highest BCUT2D eigenvalue weighted by Crippen LogP contribution is 2.28. The summed E-state index contributed by atoms with van der Waals surface area (Å²) in [4.78, 5) is 23.6.